The van der Waals surface area contributed by atoms with Gasteiger partial charge in [0, 0.05) is 12.1 Å². The Hall–Kier alpha value is -4.83. The Morgan fingerprint density at radius 2 is 1.85 bits per heavy atom. The second kappa shape index (κ2) is 10.9. The first-order chi connectivity index (χ1) is 18.9. The minimum atomic E-state index is -0.659. The zero-order chi connectivity index (χ0) is 27.5. The number of esters is 1. The summed E-state index contributed by atoms with van der Waals surface area (Å²) in [5, 5.41) is 10.9. The van der Waals surface area contributed by atoms with Crippen LogP contribution < -0.4 is 19.6 Å². The first-order valence-electron chi connectivity index (χ1n) is 12.0. The van der Waals surface area contributed by atoms with Gasteiger partial charge in [-0.1, -0.05) is 53.8 Å². The van der Waals surface area contributed by atoms with Gasteiger partial charge >= 0.3 is 5.97 Å². The summed E-state index contributed by atoms with van der Waals surface area (Å²) in [5.74, 6) is 0.0538. The smallest absolute Gasteiger partial charge is 0.338 e. The summed E-state index contributed by atoms with van der Waals surface area (Å²) >= 11 is 1.25. The van der Waals surface area contributed by atoms with Gasteiger partial charge in [0.05, 0.1) is 33.9 Å². The Kier molecular flexibility index (Phi) is 7.20. The van der Waals surface area contributed by atoms with Crippen LogP contribution in [0.3, 0.4) is 0 Å². The third kappa shape index (κ3) is 5.27. The monoisotopic (exact) mass is 541 g/mol. The van der Waals surface area contributed by atoms with Crippen molar-refractivity contribution in [2.45, 2.75) is 19.6 Å². The highest BCUT2D eigenvalue weighted by atomic mass is 32.1. The summed E-state index contributed by atoms with van der Waals surface area (Å²) in [6, 6.07) is 22.1. The summed E-state index contributed by atoms with van der Waals surface area (Å²) in [6.45, 7) is 1.97. The highest BCUT2D eigenvalue weighted by Crippen LogP contribution is 2.30. The molecule has 196 valence electrons. The number of allylic oxidation sites excluding steroid dienone is 1. The lowest BCUT2D eigenvalue weighted by atomic mass is 9.96. The molecule has 0 saturated carbocycles. The molecule has 2 heterocycles. The van der Waals surface area contributed by atoms with Gasteiger partial charge in [-0.05, 0) is 54.0 Å². The summed E-state index contributed by atoms with van der Waals surface area (Å²) < 4.78 is 12.9. The van der Waals surface area contributed by atoms with Crippen LogP contribution in [0.4, 0.5) is 5.69 Å². The van der Waals surface area contributed by atoms with Crippen molar-refractivity contribution in [2.75, 3.05) is 7.11 Å². The highest BCUT2D eigenvalue weighted by Gasteiger charge is 2.32. The molecule has 1 unspecified atom stereocenters. The van der Waals surface area contributed by atoms with E-state index in [2.05, 4.69) is 4.99 Å². The first kappa shape index (κ1) is 25.8. The van der Waals surface area contributed by atoms with E-state index in [9.17, 15) is 19.7 Å². The number of carbonyl (C=O) groups is 1. The zero-order valence-electron chi connectivity index (χ0n) is 21.1. The van der Waals surface area contributed by atoms with E-state index in [1.807, 2.05) is 48.5 Å². The molecular weight excluding hydrogens is 518 g/mol. The molecule has 9 nitrogen and oxygen atoms in total. The van der Waals surface area contributed by atoms with Crippen LogP contribution >= 0.6 is 11.3 Å². The number of benzene rings is 3. The Balaban J connectivity index is 1.48. The maximum Gasteiger partial charge on any atom is 0.338 e. The van der Waals surface area contributed by atoms with Crippen LogP contribution in [0.25, 0.3) is 6.08 Å². The van der Waals surface area contributed by atoms with Gasteiger partial charge in [-0.15, -0.1) is 0 Å². The van der Waals surface area contributed by atoms with Crippen molar-refractivity contribution in [1.82, 2.24) is 4.57 Å². The third-order valence-corrected chi connectivity index (χ3v) is 7.23. The number of nitrogens with zero attached hydrogens (tertiary/aromatic N) is 3. The fourth-order valence-electron chi connectivity index (χ4n) is 4.37. The first-order valence-corrected chi connectivity index (χ1v) is 12.8. The number of nitro benzene ring substituents is 1. The fourth-order valence-corrected chi connectivity index (χ4v) is 5.42. The van der Waals surface area contributed by atoms with E-state index in [4.69, 9.17) is 9.47 Å². The molecule has 0 saturated heterocycles. The molecule has 0 spiro atoms. The molecule has 0 N–H and O–H groups in total. The van der Waals surface area contributed by atoms with Crippen molar-refractivity contribution >= 4 is 29.1 Å². The quantitative estimate of drug-likeness (QED) is 0.199. The number of nitro groups is 1. The van der Waals surface area contributed by atoms with Crippen molar-refractivity contribution in [1.29, 1.82) is 0 Å². The topological polar surface area (TPSA) is 113 Å². The van der Waals surface area contributed by atoms with Gasteiger partial charge in [0.1, 0.15) is 12.4 Å². The van der Waals surface area contributed by atoms with Gasteiger partial charge in [0.15, 0.2) is 4.80 Å². The van der Waals surface area contributed by atoms with E-state index in [1.165, 1.54) is 30.6 Å². The number of fused-ring (bicyclic) bond motifs is 1. The van der Waals surface area contributed by atoms with E-state index in [0.29, 0.717) is 26.4 Å². The van der Waals surface area contributed by atoms with Crippen LogP contribution in [0.5, 0.6) is 5.75 Å². The van der Waals surface area contributed by atoms with Crippen molar-refractivity contribution in [3.05, 3.63) is 137 Å². The van der Waals surface area contributed by atoms with E-state index < -0.39 is 16.9 Å². The van der Waals surface area contributed by atoms with Crippen molar-refractivity contribution in [3.63, 3.8) is 0 Å². The molecule has 1 aliphatic rings. The van der Waals surface area contributed by atoms with E-state index >= 15 is 0 Å². The van der Waals surface area contributed by atoms with Crippen LogP contribution in [0.1, 0.15) is 29.7 Å². The minimum absolute atomic E-state index is 0.0191. The maximum atomic E-state index is 13.7. The van der Waals surface area contributed by atoms with Crippen molar-refractivity contribution in [2.24, 2.45) is 4.99 Å². The van der Waals surface area contributed by atoms with Crippen molar-refractivity contribution in [3.8, 4) is 5.75 Å². The number of thiazole rings is 1. The lowest BCUT2D eigenvalue weighted by Gasteiger charge is -2.24. The molecule has 1 aromatic heterocycles. The number of non-ortho nitro benzene ring substituents is 1. The van der Waals surface area contributed by atoms with Crippen LogP contribution in [0.15, 0.2) is 99.9 Å². The second-order valence-corrected chi connectivity index (χ2v) is 9.78. The van der Waals surface area contributed by atoms with Crippen molar-refractivity contribution < 1.29 is 19.2 Å². The van der Waals surface area contributed by atoms with Gasteiger partial charge in [-0.2, -0.15) is 0 Å². The Labute approximate surface area is 226 Å². The van der Waals surface area contributed by atoms with Gasteiger partial charge in [0.2, 0.25) is 0 Å². The third-order valence-electron chi connectivity index (χ3n) is 6.25. The van der Waals surface area contributed by atoms with Crippen LogP contribution in [-0.2, 0) is 16.1 Å². The SMILES string of the molecule is COC(=O)C1=C(C)N=c2sc(=Cc3cccc(OCc4ccc([N+](=O)[O-])cc4)c3)c(=O)n2C1c1ccccc1. The normalized spacial score (nSPS) is 14.9. The summed E-state index contributed by atoms with van der Waals surface area (Å²) in [5.41, 5.74) is 2.90. The summed E-state index contributed by atoms with van der Waals surface area (Å²) in [7, 11) is 1.31. The number of methoxy groups -OCH3 is 1. The average molecular weight is 542 g/mol. The second-order valence-electron chi connectivity index (χ2n) is 8.77. The highest BCUT2D eigenvalue weighted by molar-refractivity contribution is 7.07. The number of carbonyl (C=O) groups excluding carboxylic acids is 1. The standard InChI is InChI=1S/C29H23N3O6S/c1-18-25(28(34)37-2)26(21-8-4-3-5-9-21)31-27(33)24(39-29(31)30-18)16-20-7-6-10-23(15-20)38-17-19-11-13-22(14-12-19)32(35)36/h3-16,26H,17H2,1-2H3. The average Bonchev–Trinajstić information content (AvgIpc) is 3.25. The molecule has 4 aromatic rings. The molecule has 5 rings (SSSR count). The van der Waals surface area contributed by atoms with Gasteiger partial charge in [-0.3, -0.25) is 19.5 Å². The molecule has 3 aromatic carbocycles. The summed E-state index contributed by atoms with van der Waals surface area (Å²) in [4.78, 5) is 41.9. The van der Waals surface area contributed by atoms with Crippen LogP contribution in [0.2, 0.25) is 0 Å². The van der Waals surface area contributed by atoms with E-state index in [1.54, 1.807) is 35.8 Å². The van der Waals surface area contributed by atoms with Crippen LogP contribution in [-0.4, -0.2) is 22.6 Å². The Morgan fingerprint density at radius 1 is 1.10 bits per heavy atom. The molecule has 1 aliphatic heterocycles. The number of rotatable bonds is 7. The largest absolute Gasteiger partial charge is 0.489 e. The minimum Gasteiger partial charge on any atom is -0.489 e. The van der Waals surface area contributed by atoms with Gasteiger partial charge in [-0.25, -0.2) is 9.79 Å². The number of ether oxygens (including phenoxy) is 2. The predicted molar refractivity (Wildman–Crippen MR) is 146 cm³/mol. The molecular formula is C29H23N3O6S. The number of hydrogen-bond acceptors (Lipinski definition) is 8. The fraction of sp³-hybridized carbons (Fsp3) is 0.138. The molecule has 0 aliphatic carbocycles. The van der Waals surface area contributed by atoms with Gasteiger partial charge < -0.3 is 9.47 Å². The molecule has 0 fully saturated rings. The number of aromatic nitrogens is 1. The molecule has 0 amide bonds. The Bertz CT molecular complexity index is 1770. The molecule has 1 atom stereocenters. The lowest BCUT2D eigenvalue weighted by molar-refractivity contribution is -0.384. The lowest BCUT2D eigenvalue weighted by Crippen LogP contribution is -2.39. The van der Waals surface area contributed by atoms with E-state index in [0.717, 1.165) is 16.7 Å². The Morgan fingerprint density at radius 3 is 2.54 bits per heavy atom. The molecule has 0 radical (unpaired) electrons. The van der Waals surface area contributed by atoms with E-state index in [-0.39, 0.29) is 17.9 Å². The van der Waals surface area contributed by atoms with Crippen LogP contribution in [0, 0.1) is 10.1 Å². The molecule has 39 heavy (non-hydrogen) atoms. The summed E-state index contributed by atoms with van der Waals surface area (Å²) in [6.07, 6.45) is 1.77. The molecule has 10 heteroatoms. The molecule has 0 bridgehead atoms. The predicted octanol–water partition coefficient (Wildman–Crippen LogP) is 3.90. The maximum absolute atomic E-state index is 13.7. The van der Waals surface area contributed by atoms with Gasteiger partial charge in [0.25, 0.3) is 11.2 Å². The number of hydrogen-bond donors (Lipinski definition) is 0. The zero-order valence-corrected chi connectivity index (χ0v) is 21.9.